The Bertz CT molecular complexity index is 491. The van der Waals surface area contributed by atoms with Crippen LogP contribution >= 0.6 is 0 Å². The summed E-state index contributed by atoms with van der Waals surface area (Å²) in [6.45, 7) is 3.26. The summed E-state index contributed by atoms with van der Waals surface area (Å²) in [5.74, 6) is 0.895. The van der Waals surface area contributed by atoms with Crippen molar-refractivity contribution in [3.05, 3.63) is 18.1 Å². The van der Waals surface area contributed by atoms with Gasteiger partial charge in [-0.3, -0.25) is 0 Å². The van der Waals surface area contributed by atoms with Gasteiger partial charge in [-0.1, -0.05) is 0 Å². The van der Waals surface area contributed by atoms with Crippen molar-refractivity contribution in [2.24, 2.45) is 5.41 Å². The average molecular weight is 307 g/mol. The third-order valence-corrected chi connectivity index (χ3v) is 5.01. The Morgan fingerprint density at radius 2 is 2.18 bits per heavy atom. The number of piperidine rings is 1. The maximum atomic E-state index is 9.75. The molecule has 1 N–H and O–H groups in total. The lowest BCUT2D eigenvalue weighted by Crippen LogP contribution is -2.52. The van der Waals surface area contributed by atoms with E-state index in [1.54, 1.807) is 13.4 Å². The molecule has 0 saturated carbocycles. The number of aliphatic hydroxyl groups excluding tert-OH is 1. The quantitative estimate of drug-likeness (QED) is 0.906. The van der Waals surface area contributed by atoms with Gasteiger partial charge in [0.2, 0.25) is 0 Å². The van der Waals surface area contributed by atoms with Crippen LogP contribution in [0, 0.1) is 5.41 Å². The Balaban J connectivity index is 1.82. The Hall–Kier alpha value is -1.24. The molecule has 0 amide bonds. The predicted molar refractivity (Wildman–Crippen MR) is 82.7 cm³/mol. The summed E-state index contributed by atoms with van der Waals surface area (Å²) in [6.07, 6.45) is 5.94. The maximum Gasteiger partial charge on any atom is 0.132 e. The first-order valence-corrected chi connectivity index (χ1v) is 8.01. The predicted octanol–water partition coefficient (Wildman–Crippen LogP) is 1.38. The third kappa shape index (κ3) is 3.24. The molecule has 3 rings (SSSR count). The SMILES string of the molecule is COCc1cc(N2CC3(CCOCC3)CCC2CO)ncn1. The summed E-state index contributed by atoms with van der Waals surface area (Å²) in [6, 6.07) is 2.11. The Labute approximate surface area is 131 Å². The molecule has 122 valence electrons. The number of methoxy groups -OCH3 is 1. The van der Waals surface area contributed by atoms with Gasteiger partial charge in [0.05, 0.1) is 24.9 Å². The summed E-state index contributed by atoms with van der Waals surface area (Å²) >= 11 is 0. The third-order valence-electron chi connectivity index (χ3n) is 5.01. The van der Waals surface area contributed by atoms with Gasteiger partial charge in [0.15, 0.2) is 0 Å². The smallest absolute Gasteiger partial charge is 0.132 e. The van der Waals surface area contributed by atoms with Crippen LogP contribution in [0.25, 0.3) is 0 Å². The van der Waals surface area contributed by atoms with E-state index in [0.29, 0.717) is 12.0 Å². The second kappa shape index (κ2) is 6.89. The highest BCUT2D eigenvalue weighted by Crippen LogP contribution is 2.42. The fraction of sp³-hybridized carbons (Fsp3) is 0.750. The number of rotatable bonds is 4. The van der Waals surface area contributed by atoms with Crippen molar-refractivity contribution < 1.29 is 14.6 Å². The van der Waals surface area contributed by atoms with Gasteiger partial charge >= 0.3 is 0 Å². The summed E-state index contributed by atoms with van der Waals surface area (Å²) in [5, 5.41) is 9.75. The summed E-state index contributed by atoms with van der Waals surface area (Å²) in [7, 11) is 1.66. The van der Waals surface area contributed by atoms with Crippen molar-refractivity contribution in [3.63, 3.8) is 0 Å². The van der Waals surface area contributed by atoms with Gasteiger partial charge in [-0.05, 0) is 31.1 Å². The fourth-order valence-corrected chi connectivity index (χ4v) is 3.64. The Kier molecular flexibility index (Phi) is 4.90. The van der Waals surface area contributed by atoms with Crippen molar-refractivity contribution in [2.75, 3.05) is 38.4 Å². The number of ether oxygens (including phenoxy) is 2. The molecule has 1 atom stereocenters. The monoisotopic (exact) mass is 307 g/mol. The highest BCUT2D eigenvalue weighted by atomic mass is 16.5. The highest BCUT2D eigenvalue weighted by molar-refractivity contribution is 5.41. The van der Waals surface area contributed by atoms with Gasteiger partial charge in [0.1, 0.15) is 12.1 Å². The molecular weight excluding hydrogens is 282 g/mol. The van der Waals surface area contributed by atoms with E-state index in [4.69, 9.17) is 9.47 Å². The van der Waals surface area contributed by atoms with Crippen LogP contribution in [0.15, 0.2) is 12.4 Å². The molecule has 0 aromatic carbocycles. The molecular formula is C16H25N3O3. The van der Waals surface area contributed by atoms with Crippen molar-refractivity contribution in [2.45, 2.75) is 38.3 Å². The van der Waals surface area contributed by atoms with Crippen LogP contribution in [0.3, 0.4) is 0 Å². The molecule has 1 unspecified atom stereocenters. The van der Waals surface area contributed by atoms with E-state index in [-0.39, 0.29) is 12.6 Å². The van der Waals surface area contributed by atoms with Gasteiger partial charge in [0, 0.05) is 32.9 Å². The summed E-state index contributed by atoms with van der Waals surface area (Å²) in [4.78, 5) is 10.9. The topological polar surface area (TPSA) is 67.7 Å². The second-order valence-corrected chi connectivity index (χ2v) is 6.42. The Morgan fingerprint density at radius 1 is 1.36 bits per heavy atom. The van der Waals surface area contributed by atoms with Crippen molar-refractivity contribution in [3.8, 4) is 0 Å². The van der Waals surface area contributed by atoms with E-state index < -0.39 is 0 Å². The van der Waals surface area contributed by atoms with Crippen LogP contribution in [0.4, 0.5) is 5.82 Å². The minimum Gasteiger partial charge on any atom is -0.394 e. The van der Waals surface area contributed by atoms with Crippen LogP contribution in [0.5, 0.6) is 0 Å². The number of aliphatic hydroxyl groups is 1. The summed E-state index contributed by atoms with van der Waals surface area (Å²) < 4.78 is 10.7. The van der Waals surface area contributed by atoms with E-state index in [9.17, 15) is 5.11 Å². The number of hydrogen-bond donors (Lipinski definition) is 1. The largest absolute Gasteiger partial charge is 0.394 e. The van der Waals surface area contributed by atoms with Crippen molar-refractivity contribution >= 4 is 5.82 Å². The molecule has 0 radical (unpaired) electrons. The molecule has 2 aliphatic heterocycles. The first-order valence-electron chi connectivity index (χ1n) is 8.01. The zero-order valence-corrected chi connectivity index (χ0v) is 13.2. The molecule has 22 heavy (non-hydrogen) atoms. The molecule has 2 aliphatic rings. The molecule has 0 aliphatic carbocycles. The minimum atomic E-state index is 0.138. The zero-order chi connectivity index (χ0) is 15.4. The van der Waals surface area contributed by atoms with Crippen LogP contribution in [0.1, 0.15) is 31.4 Å². The fourth-order valence-electron chi connectivity index (χ4n) is 3.64. The molecule has 1 aromatic rings. The lowest BCUT2D eigenvalue weighted by Gasteiger charge is -2.48. The lowest BCUT2D eigenvalue weighted by molar-refractivity contribution is 0.000821. The minimum absolute atomic E-state index is 0.138. The number of hydrogen-bond acceptors (Lipinski definition) is 6. The van der Waals surface area contributed by atoms with Gasteiger partial charge in [-0.15, -0.1) is 0 Å². The van der Waals surface area contributed by atoms with Gasteiger partial charge < -0.3 is 19.5 Å². The number of nitrogens with zero attached hydrogens (tertiary/aromatic N) is 3. The van der Waals surface area contributed by atoms with Crippen LogP contribution in [-0.4, -0.2) is 54.6 Å². The molecule has 2 fully saturated rings. The Morgan fingerprint density at radius 3 is 2.91 bits per heavy atom. The first-order chi connectivity index (χ1) is 10.8. The van der Waals surface area contributed by atoms with Crippen LogP contribution in [-0.2, 0) is 16.1 Å². The lowest BCUT2D eigenvalue weighted by atomic mass is 9.72. The molecule has 6 heteroatoms. The van der Waals surface area contributed by atoms with Gasteiger partial charge in [-0.25, -0.2) is 9.97 Å². The van der Waals surface area contributed by atoms with E-state index in [2.05, 4.69) is 14.9 Å². The van der Waals surface area contributed by atoms with Crippen LogP contribution in [0.2, 0.25) is 0 Å². The number of aromatic nitrogens is 2. The molecule has 6 nitrogen and oxygen atoms in total. The molecule has 3 heterocycles. The van der Waals surface area contributed by atoms with E-state index >= 15 is 0 Å². The molecule has 1 spiro atoms. The molecule has 1 aromatic heterocycles. The summed E-state index contributed by atoms with van der Waals surface area (Å²) in [5.41, 5.74) is 1.17. The standard InChI is InChI=1S/C16H25N3O3/c1-21-10-13-8-15(18-12-17-13)19-11-16(3-2-14(19)9-20)4-6-22-7-5-16/h8,12,14,20H,2-7,9-11H2,1H3. The second-order valence-electron chi connectivity index (χ2n) is 6.42. The average Bonchev–Trinajstić information content (AvgIpc) is 2.56. The van der Waals surface area contributed by atoms with E-state index in [1.165, 1.54) is 0 Å². The normalized spacial score (nSPS) is 24.6. The van der Waals surface area contributed by atoms with E-state index in [0.717, 1.165) is 57.0 Å². The molecule has 2 saturated heterocycles. The van der Waals surface area contributed by atoms with E-state index in [1.807, 2.05) is 6.07 Å². The molecule has 0 bridgehead atoms. The van der Waals surface area contributed by atoms with Crippen molar-refractivity contribution in [1.82, 2.24) is 9.97 Å². The first kappa shape index (κ1) is 15.6. The number of anilines is 1. The van der Waals surface area contributed by atoms with Gasteiger partial charge in [0.25, 0.3) is 0 Å². The zero-order valence-electron chi connectivity index (χ0n) is 13.2. The maximum absolute atomic E-state index is 9.75. The van der Waals surface area contributed by atoms with Gasteiger partial charge in [-0.2, -0.15) is 0 Å². The highest BCUT2D eigenvalue weighted by Gasteiger charge is 2.40. The van der Waals surface area contributed by atoms with Crippen molar-refractivity contribution in [1.29, 1.82) is 0 Å². The van der Waals surface area contributed by atoms with Crippen LogP contribution < -0.4 is 4.90 Å².